The van der Waals surface area contributed by atoms with Crippen molar-refractivity contribution in [3.8, 4) is 11.3 Å². The Hall–Kier alpha value is -3.64. The van der Waals surface area contributed by atoms with Gasteiger partial charge in [-0.1, -0.05) is 0 Å². The first kappa shape index (κ1) is 26.0. The highest BCUT2D eigenvalue weighted by Crippen LogP contribution is 2.32. The molecule has 38 heavy (non-hydrogen) atoms. The normalized spacial score (nSPS) is 16.8. The SMILES string of the molecule is O=C(CCc1cc(-c2ccc(C(F)(F)F)cn2)ccn1)C1CCCN1S(=O)(=O)c1cc2cc(F)ccc2o1. The summed E-state index contributed by atoms with van der Waals surface area (Å²) in [6, 6.07) is 9.51. The van der Waals surface area contributed by atoms with Crippen LogP contribution in [-0.2, 0) is 27.4 Å². The van der Waals surface area contributed by atoms with Crippen LogP contribution in [0, 0.1) is 5.82 Å². The van der Waals surface area contributed by atoms with Crippen molar-refractivity contribution < 1.29 is 35.2 Å². The van der Waals surface area contributed by atoms with Crippen molar-refractivity contribution in [2.75, 3.05) is 6.54 Å². The number of aryl methyl sites for hydroxylation is 1. The molecule has 198 valence electrons. The number of alkyl halides is 3. The van der Waals surface area contributed by atoms with E-state index in [4.69, 9.17) is 4.42 Å². The second kappa shape index (κ2) is 9.91. The summed E-state index contributed by atoms with van der Waals surface area (Å²) in [7, 11) is -4.13. The van der Waals surface area contributed by atoms with Gasteiger partial charge in [-0.3, -0.25) is 14.8 Å². The van der Waals surface area contributed by atoms with Crippen molar-refractivity contribution in [3.63, 3.8) is 0 Å². The molecular weight excluding hydrogens is 526 g/mol. The van der Waals surface area contributed by atoms with E-state index >= 15 is 0 Å². The Balaban J connectivity index is 1.28. The molecule has 0 N–H and O–H groups in total. The summed E-state index contributed by atoms with van der Waals surface area (Å²) < 4.78 is 85.0. The first-order valence-corrected chi connectivity index (χ1v) is 13.2. The van der Waals surface area contributed by atoms with Crippen LogP contribution >= 0.6 is 0 Å². The third-order valence-corrected chi connectivity index (χ3v) is 8.19. The van der Waals surface area contributed by atoms with E-state index in [1.54, 1.807) is 12.1 Å². The van der Waals surface area contributed by atoms with Crippen molar-refractivity contribution in [1.82, 2.24) is 14.3 Å². The van der Waals surface area contributed by atoms with Crippen LogP contribution in [0.3, 0.4) is 0 Å². The fraction of sp³-hybridized carbons (Fsp3) is 0.269. The molecule has 7 nitrogen and oxygen atoms in total. The van der Waals surface area contributed by atoms with Crippen LogP contribution in [0.15, 0.2) is 70.4 Å². The lowest BCUT2D eigenvalue weighted by Gasteiger charge is -2.21. The Labute approximate surface area is 215 Å². The predicted molar refractivity (Wildman–Crippen MR) is 129 cm³/mol. The van der Waals surface area contributed by atoms with Gasteiger partial charge in [-0.05, 0) is 61.7 Å². The first-order valence-electron chi connectivity index (χ1n) is 11.7. The average Bonchev–Trinajstić information content (AvgIpc) is 3.55. The molecule has 1 fully saturated rings. The van der Waals surface area contributed by atoms with Gasteiger partial charge in [0.2, 0.25) is 5.09 Å². The minimum Gasteiger partial charge on any atom is -0.443 e. The number of pyridine rings is 2. The zero-order valence-corrected chi connectivity index (χ0v) is 20.6. The van der Waals surface area contributed by atoms with Gasteiger partial charge in [0.05, 0.1) is 17.3 Å². The van der Waals surface area contributed by atoms with E-state index in [0.717, 1.165) is 16.6 Å². The highest BCUT2D eigenvalue weighted by Gasteiger charge is 2.40. The molecule has 4 heterocycles. The van der Waals surface area contributed by atoms with Crippen LogP contribution in [0.25, 0.3) is 22.2 Å². The zero-order valence-electron chi connectivity index (χ0n) is 19.8. The molecule has 5 rings (SSSR count). The van der Waals surface area contributed by atoms with Gasteiger partial charge in [0.15, 0.2) is 5.78 Å². The maximum atomic E-state index is 13.5. The number of benzene rings is 1. The number of nitrogens with zero attached hydrogens (tertiary/aromatic N) is 3. The zero-order chi connectivity index (χ0) is 27.1. The van der Waals surface area contributed by atoms with Gasteiger partial charge in [-0.15, -0.1) is 0 Å². The third kappa shape index (κ3) is 5.18. The van der Waals surface area contributed by atoms with E-state index in [0.29, 0.717) is 35.2 Å². The summed E-state index contributed by atoms with van der Waals surface area (Å²) in [5.41, 5.74) is 0.756. The largest absolute Gasteiger partial charge is 0.443 e. The molecule has 12 heteroatoms. The predicted octanol–water partition coefficient (Wildman–Crippen LogP) is 5.40. The highest BCUT2D eigenvalue weighted by molar-refractivity contribution is 7.89. The number of rotatable bonds is 7. The number of Topliss-reactive ketones (excluding diaryl/α,β-unsaturated/α-hetero) is 1. The minimum absolute atomic E-state index is 0.0128. The lowest BCUT2D eigenvalue weighted by atomic mass is 10.0. The topological polar surface area (TPSA) is 93.4 Å². The van der Waals surface area contributed by atoms with Gasteiger partial charge >= 0.3 is 6.18 Å². The minimum atomic E-state index is -4.49. The van der Waals surface area contributed by atoms with E-state index in [2.05, 4.69) is 9.97 Å². The monoisotopic (exact) mass is 547 g/mol. The number of carbonyl (C=O) groups is 1. The van der Waals surface area contributed by atoms with Crippen LogP contribution in [0.2, 0.25) is 0 Å². The van der Waals surface area contributed by atoms with Crippen LogP contribution in [-0.4, -0.2) is 41.1 Å². The van der Waals surface area contributed by atoms with Crippen molar-refractivity contribution in [1.29, 1.82) is 0 Å². The smallest absolute Gasteiger partial charge is 0.417 e. The van der Waals surface area contributed by atoms with Gasteiger partial charge in [0.1, 0.15) is 11.4 Å². The summed E-state index contributed by atoms with van der Waals surface area (Å²) in [4.78, 5) is 21.2. The van der Waals surface area contributed by atoms with Gasteiger partial charge in [0, 0.05) is 48.1 Å². The number of sulfonamides is 1. The van der Waals surface area contributed by atoms with Gasteiger partial charge in [0.25, 0.3) is 10.0 Å². The van der Waals surface area contributed by atoms with Crippen molar-refractivity contribution in [2.24, 2.45) is 0 Å². The second-order valence-corrected chi connectivity index (χ2v) is 10.8. The molecular formula is C26H21F4N3O4S. The number of fused-ring (bicyclic) bond motifs is 1. The van der Waals surface area contributed by atoms with Crippen LogP contribution in [0.4, 0.5) is 17.6 Å². The average molecular weight is 548 g/mol. The summed E-state index contributed by atoms with van der Waals surface area (Å²) in [6.07, 6.45) is -1.18. The molecule has 3 aromatic heterocycles. The molecule has 0 spiro atoms. The summed E-state index contributed by atoms with van der Waals surface area (Å²) in [6.45, 7) is 0.150. The van der Waals surface area contributed by atoms with Crippen molar-refractivity contribution in [2.45, 2.75) is 43.0 Å². The molecule has 1 aliphatic heterocycles. The lowest BCUT2D eigenvalue weighted by molar-refractivity contribution is -0.137. The molecule has 0 saturated carbocycles. The maximum Gasteiger partial charge on any atom is 0.417 e. The fourth-order valence-electron chi connectivity index (χ4n) is 4.51. The summed E-state index contributed by atoms with van der Waals surface area (Å²) in [5.74, 6) is -0.809. The van der Waals surface area contributed by atoms with E-state index in [-0.39, 0.29) is 35.8 Å². The second-order valence-electron chi connectivity index (χ2n) is 8.95. The van der Waals surface area contributed by atoms with Crippen molar-refractivity contribution >= 4 is 26.8 Å². The number of hydrogen-bond acceptors (Lipinski definition) is 6. The molecule has 0 radical (unpaired) electrons. The van der Waals surface area contributed by atoms with Gasteiger partial charge < -0.3 is 4.42 Å². The molecule has 0 bridgehead atoms. The number of hydrogen-bond donors (Lipinski definition) is 0. The Bertz CT molecular complexity index is 1600. The molecule has 1 unspecified atom stereocenters. The van der Waals surface area contributed by atoms with E-state index in [1.165, 1.54) is 36.5 Å². The number of aromatic nitrogens is 2. The van der Waals surface area contributed by atoms with Crippen LogP contribution in [0.1, 0.15) is 30.5 Å². The standard InChI is InChI=1S/C26H21F4N3O4S/c27-19-4-8-24-17(12-19)14-25(37-24)38(35,36)33-11-1-2-22(33)23(34)7-5-20-13-16(9-10-31-20)21-6-3-18(15-32-21)26(28,29)30/h3-4,6,8-10,12-15,22H,1-2,5,7,11H2. The molecule has 1 atom stereocenters. The van der Waals surface area contributed by atoms with Gasteiger partial charge in [-0.25, -0.2) is 12.8 Å². The van der Waals surface area contributed by atoms with E-state index < -0.39 is 33.6 Å². The third-order valence-electron chi connectivity index (χ3n) is 6.42. The van der Waals surface area contributed by atoms with Gasteiger partial charge in [-0.2, -0.15) is 17.5 Å². The van der Waals surface area contributed by atoms with Crippen LogP contribution in [0.5, 0.6) is 0 Å². The summed E-state index contributed by atoms with van der Waals surface area (Å²) in [5, 5.41) is -0.0460. The Kier molecular flexibility index (Phi) is 6.78. The maximum absolute atomic E-state index is 13.5. The number of furan rings is 1. The number of ketones is 1. The molecule has 0 amide bonds. The highest BCUT2D eigenvalue weighted by atomic mass is 32.2. The van der Waals surface area contributed by atoms with E-state index in [1.807, 2.05) is 0 Å². The molecule has 1 aliphatic rings. The Morgan fingerprint density at radius 2 is 1.89 bits per heavy atom. The number of halogens is 4. The first-order chi connectivity index (χ1) is 18.0. The van der Waals surface area contributed by atoms with Crippen molar-refractivity contribution in [3.05, 3.63) is 78.0 Å². The Morgan fingerprint density at radius 3 is 2.63 bits per heavy atom. The molecule has 1 aromatic carbocycles. The number of carbonyl (C=O) groups excluding carboxylic acids is 1. The van der Waals surface area contributed by atoms with E-state index in [9.17, 15) is 30.8 Å². The lowest BCUT2D eigenvalue weighted by Crippen LogP contribution is -2.40. The quantitative estimate of drug-likeness (QED) is 0.288. The van der Waals surface area contributed by atoms with Crippen LogP contribution < -0.4 is 0 Å². The fourth-order valence-corrected chi connectivity index (χ4v) is 6.14. The Morgan fingerprint density at radius 1 is 1.08 bits per heavy atom. The molecule has 0 aliphatic carbocycles. The molecule has 1 saturated heterocycles. The molecule has 4 aromatic rings. The summed E-state index contributed by atoms with van der Waals surface area (Å²) >= 11 is 0.